The van der Waals surface area contributed by atoms with E-state index >= 15 is 0 Å². The van der Waals surface area contributed by atoms with Crippen molar-refractivity contribution in [2.24, 2.45) is 11.3 Å². The van der Waals surface area contributed by atoms with E-state index in [2.05, 4.69) is 29.1 Å². The molecule has 1 aromatic rings. The Kier molecular flexibility index (Phi) is 5.76. The largest absolute Gasteiger partial charge is 0.456 e. The van der Waals surface area contributed by atoms with Crippen molar-refractivity contribution in [1.82, 2.24) is 20.0 Å². The molecule has 0 aromatic carbocycles. The van der Waals surface area contributed by atoms with Crippen molar-refractivity contribution in [3.8, 4) is 0 Å². The molecule has 172 valence electrons. The molecule has 0 unspecified atom stereocenters. The van der Waals surface area contributed by atoms with Crippen LogP contribution in [0.2, 0.25) is 0 Å². The first-order valence-electron chi connectivity index (χ1n) is 11.0. The molecule has 0 atom stereocenters. The molecule has 3 aliphatic rings. The zero-order chi connectivity index (χ0) is 23.1. The van der Waals surface area contributed by atoms with Crippen molar-refractivity contribution >= 4 is 24.0 Å². The van der Waals surface area contributed by atoms with Gasteiger partial charge in [0.05, 0.1) is 22.4 Å². The topological polar surface area (TPSA) is 129 Å². The van der Waals surface area contributed by atoms with Gasteiger partial charge in [-0.1, -0.05) is 0 Å². The van der Waals surface area contributed by atoms with Crippen LogP contribution in [-0.2, 0) is 20.9 Å². The van der Waals surface area contributed by atoms with Crippen LogP contribution in [0.4, 0.5) is 5.82 Å². The lowest BCUT2D eigenvalue weighted by atomic mass is 9.66. The molecule has 3 N–H and O–H groups in total. The molecule has 32 heavy (non-hydrogen) atoms. The van der Waals surface area contributed by atoms with Crippen LogP contribution in [0.15, 0.2) is 23.4 Å². The Bertz CT molecular complexity index is 951. The van der Waals surface area contributed by atoms with Crippen LogP contribution < -0.4 is 10.9 Å². The average molecular weight is 442 g/mol. The van der Waals surface area contributed by atoms with Crippen LogP contribution in [-0.4, -0.2) is 64.0 Å². The number of amides is 1. The number of hydrazine groups is 1. The van der Waals surface area contributed by atoms with E-state index in [9.17, 15) is 9.59 Å². The van der Waals surface area contributed by atoms with E-state index in [1.807, 2.05) is 6.07 Å². The standard InChI is InChI=1S/C22H31N7O3/c1-15-17(13-32-19(15)30)28-11-10-22(20(28)31)8-6-21(2,7-9-22)27(3)12-16-4-5-18(26-25-16)29(24)14-23/h4-5,14,23H,6-13,24H2,1-3H3. The number of nitrogens with one attached hydrogen (secondary N) is 1. The Hall–Kier alpha value is -2.85. The van der Waals surface area contributed by atoms with Gasteiger partial charge < -0.3 is 9.64 Å². The van der Waals surface area contributed by atoms with E-state index in [1.54, 1.807) is 17.9 Å². The summed E-state index contributed by atoms with van der Waals surface area (Å²) in [6, 6.07) is 3.62. The number of esters is 1. The van der Waals surface area contributed by atoms with E-state index in [1.165, 1.54) is 0 Å². The van der Waals surface area contributed by atoms with Crippen LogP contribution in [0.5, 0.6) is 0 Å². The number of anilines is 1. The van der Waals surface area contributed by atoms with Gasteiger partial charge in [-0.2, -0.15) is 5.10 Å². The van der Waals surface area contributed by atoms with Crippen molar-refractivity contribution in [2.45, 2.75) is 58.0 Å². The maximum absolute atomic E-state index is 13.4. The fraction of sp³-hybridized carbons (Fsp3) is 0.591. The molecule has 10 heteroatoms. The highest BCUT2D eigenvalue weighted by molar-refractivity contribution is 5.94. The van der Waals surface area contributed by atoms with Gasteiger partial charge in [0, 0.05) is 18.6 Å². The highest BCUT2D eigenvalue weighted by Crippen LogP contribution is 2.50. The van der Waals surface area contributed by atoms with Gasteiger partial charge in [0.25, 0.3) is 0 Å². The summed E-state index contributed by atoms with van der Waals surface area (Å²) in [6.45, 7) is 5.48. The molecule has 2 fully saturated rings. The number of hydrogen-bond donors (Lipinski definition) is 2. The summed E-state index contributed by atoms with van der Waals surface area (Å²) in [4.78, 5) is 29.2. The summed E-state index contributed by atoms with van der Waals surface area (Å²) in [5.74, 6) is 5.88. The lowest BCUT2D eigenvalue weighted by Crippen LogP contribution is -2.50. The van der Waals surface area contributed by atoms with Gasteiger partial charge in [0.1, 0.15) is 12.9 Å². The number of ether oxygens (including phenoxy) is 1. The van der Waals surface area contributed by atoms with Gasteiger partial charge >= 0.3 is 5.97 Å². The third-order valence-electron chi connectivity index (χ3n) is 7.63. The zero-order valence-electron chi connectivity index (χ0n) is 18.9. The maximum Gasteiger partial charge on any atom is 0.336 e. The van der Waals surface area contributed by atoms with Gasteiger partial charge in [-0.15, -0.1) is 5.10 Å². The Balaban J connectivity index is 1.39. The van der Waals surface area contributed by atoms with E-state index in [4.69, 9.17) is 16.0 Å². The molecule has 1 spiro atoms. The third kappa shape index (κ3) is 3.77. The second-order valence-corrected chi connectivity index (χ2v) is 9.41. The van der Waals surface area contributed by atoms with Crippen LogP contribution >= 0.6 is 0 Å². The maximum atomic E-state index is 13.4. The highest BCUT2D eigenvalue weighted by atomic mass is 16.5. The predicted molar refractivity (Wildman–Crippen MR) is 118 cm³/mol. The first-order valence-corrected chi connectivity index (χ1v) is 11.0. The summed E-state index contributed by atoms with van der Waals surface area (Å²) in [5.41, 5.74) is 1.74. The fourth-order valence-corrected chi connectivity index (χ4v) is 5.01. The molecular weight excluding hydrogens is 410 g/mol. The summed E-state index contributed by atoms with van der Waals surface area (Å²) < 4.78 is 5.12. The Morgan fingerprint density at radius 1 is 1.22 bits per heavy atom. The number of nitrogens with two attached hydrogens (primary N) is 1. The van der Waals surface area contributed by atoms with Gasteiger partial charge in [-0.05, 0) is 65.1 Å². The van der Waals surface area contributed by atoms with Gasteiger partial charge in [-0.25, -0.2) is 10.6 Å². The van der Waals surface area contributed by atoms with Crippen molar-refractivity contribution in [3.63, 3.8) is 0 Å². The fourth-order valence-electron chi connectivity index (χ4n) is 5.01. The van der Waals surface area contributed by atoms with Gasteiger partial charge in [-0.3, -0.25) is 20.1 Å². The minimum Gasteiger partial charge on any atom is -0.456 e. The number of nitrogens with zero attached hydrogens (tertiary/aromatic N) is 5. The summed E-state index contributed by atoms with van der Waals surface area (Å²) in [7, 11) is 2.08. The minimum atomic E-state index is -0.335. The lowest BCUT2D eigenvalue weighted by molar-refractivity contribution is -0.139. The quantitative estimate of drug-likeness (QED) is 0.224. The SMILES string of the molecule is CC1=C(N2CCC3(CCC(C)(N(C)Cc4ccc(N(N)C=N)nn4)CC3)C2=O)COC1=O. The first kappa shape index (κ1) is 22.3. The second-order valence-electron chi connectivity index (χ2n) is 9.41. The normalized spacial score (nSPS) is 28.1. The molecule has 2 aliphatic heterocycles. The van der Waals surface area contributed by atoms with Crippen molar-refractivity contribution in [2.75, 3.05) is 25.2 Å². The third-order valence-corrected chi connectivity index (χ3v) is 7.63. The van der Waals surface area contributed by atoms with Gasteiger partial charge in [0.2, 0.25) is 5.91 Å². The van der Waals surface area contributed by atoms with Crippen molar-refractivity contribution < 1.29 is 14.3 Å². The van der Waals surface area contributed by atoms with E-state index in [0.717, 1.165) is 54.8 Å². The lowest BCUT2D eigenvalue weighted by Gasteiger charge is -2.47. The molecular formula is C22H31N7O3. The zero-order valence-corrected chi connectivity index (χ0v) is 18.9. The van der Waals surface area contributed by atoms with Crippen LogP contribution in [0.3, 0.4) is 0 Å². The number of aromatic nitrogens is 2. The van der Waals surface area contributed by atoms with Crippen molar-refractivity contribution in [3.05, 3.63) is 29.1 Å². The van der Waals surface area contributed by atoms with Crippen LogP contribution in [0.25, 0.3) is 0 Å². The summed E-state index contributed by atoms with van der Waals surface area (Å²) >= 11 is 0. The van der Waals surface area contributed by atoms with Gasteiger partial charge in [0.15, 0.2) is 5.82 Å². The summed E-state index contributed by atoms with van der Waals surface area (Å²) in [6.07, 6.45) is 5.29. The average Bonchev–Trinajstić information content (AvgIpc) is 3.29. The molecule has 1 aromatic heterocycles. The molecule has 3 heterocycles. The van der Waals surface area contributed by atoms with E-state index in [-0.39, 0.29) is 29.4 Å². The molecule has 0 radical (unpaired) electrons. The predicted octanol–water partition coefficient (Wildman–Crippen LogP) is 1.58. The summed E-state index contributed by atoms with van der Waals surface area (Å²) in [5, 5.41) is 16.6. The Labute approximate surface area is 187 Å². The Morgan fingerprint density at radius 2 is 1.94 bits per heavy atom. The molecule has 1 aliphatic carbocycles. The number of likely N-dealkylation sites (tertiary alicyclic amines) is 1. The monoisotopic (exact) mass is 441 g/mol. The number of carbonyl (C=O) groups is 2. The number of cyclic esters (lactones) is 1. The molecule has 10 nitrogen and oxygen atoms in total. The molecule has 4 rings (SSSR count). The number of hydrogen-bond acceptors (Lipinski definition) is 8. The van der Waals surface area contributed by atoms with E-state index in [0.29, 0.717) is 24.5 Å². The smallest absolute Gasteiger partial charge is 0.336 e. The molecule has 1 amide bonds. The molecule has 0 bridgehead atoms. The van der Waals surface area contributed by atoms with Crippen molar-refractivity contribution in [1.29, 1.82) is 5.41 Å². The van der Waals surface area contributed by atoms with Crippen LogP contribution in [0.1, 0.15) is 51.6 Å². The van der Waals surface area contributed by atoms with E-state index < -0.39 is 0 Å². The second kappa shape index (κ2) is 8.25. The molecule has 1 saturated heterocycles. The minimum absolute atomic E-state index is 0.0459. The Morgan fingerprint density at radius 3 is 2.50 bits per heavy atom. The molecule has 1 saturated carbocycles. The highest BCUT2D eigenvalue weighted by Gasteiger charge is 2.52. The first-order chi connectivity index (χ1) is 15.2. The van der Waals surface area contributed by atoms with Crippen LogP contribution in [0, 0.1) is 10.8 Å². The number of rotatable bonds is 6. The number of carbonyl (C=O) groups excluding carboxylic acids is 2.